The molecule has 0 bridgehead atoms. The molecule has 1 N–H and O–H groups in total. The van der Waals surface area contributed by atoms with E-state index in [4.69, 9.17) is 4.74 Å². The van der Waals surface area contributed by atoms with E-state index in [2.05, 4.69) is 0 Å². The summed E-state index contributed by atoms with van der Waals surface area (Å²) in [5.41, 5.74) is 1.55. The monoisotopic (exact) mass is 282 g/mol. The van der Waals surface area contributed by atoms with Crippen molar-refractivity contribution in [3.8, 4) is 5.75 Å². The number of aliphatic carboxylic acids is 1. The van der Waals surface area contributed by atoms with Crippen LogP contribution >= 0.6 is 0 Å². The van der Waals surface area contributed by atoms with Crippen LogP contribution < -0.4 is 4.74 Å². The smallest absolute Gasteiger partial charge is 0.336 e. The summed E-state index contributed by atoms with van der Waals surface area (Å²) in [5, 5.41) is 9.32. The number of carboxylic acids is 1. The Hall–Kier alpha value is -2.88. The number of carboxylic acid groups (broad SMARTS) is 1. The van der Waals surface area contributed by atoms with Crippen LogP contribution in [0.3, 0.4) is 0 Å². The van der Waals surface area contributed by atoms with Gasteiger partial charge in [0.2, 0.25) is 0 Å². The molecule has 4 nitrogen and oxygen atoms in total. The predicted molar refractivity (Wildman–Crippen MR) is 79.7 cm³/mol. The van der Waals surface area contributed by atoms with Gasteiger partial charge in [-0.25, -0.2) is 4.79 Å². The topological polar surface area (TPSA) is 63.6 Å². The van der Waals surface area contributed by atoms with Crippen molar-refractivity contribution < 1.29 is 19.4 Å². The quantitative estimate of drug-likeness (QED) is 0.405. The molecule has 4 heteroatoms. The maximum atomic E-state index is 11.4. The molecule has 0 unspecified atom stereocenters. The first-order chi connectivity index (χ1) is 10.1. The van der Waals surface area contributed by atoms with E-state index < -0.39 is 11.9 Å². The zero-order valence-electron chi connectivity index (χ0n) is 11.4. The maximum absolute atomic E-state index is 11.4. The summed E-state index contributed by atoms with van der Waals surface area (Å²) in [6, 6.07) is 15.5. The molecular formula is C17H14O4. The van der Waals surface area contributed by atoms with Crippen LogP contribution in [0.5, 0.6) is 5.75 Å². The number of carbonyl (C=O) groups is 2. The van der Waals surface area contributed by atoms with Crippen LogP contribution in [0.1, 0.15) is 18.1 Å². The average Bonchev–Trinajstić information content (AvgIpc) is 2.46. The van der Waals surface area contributed by atoms with Gasteiger partial charge < -0.3 is 9.84 Å². The third-order valence-corrected chi connectivity index (χ3v) is 2.77. The maximum Gasteiger partial charge on any atom is 0.336 e. The summed E-state index contributed by atoms with van der Waals surface area (Å²) in [5.74, 6) is -0.963. The fraction of sp³-hybridized carbons (Fsp3) is 0.0588. The van der Waals surface area contributed by atoms with E-state index in [0.29, 0.717) is 16.9 Å². The minimum Gasteiger partial charge on any atom is -0.478 e. The first-order valence-electron chi connectivity index (χ1n) is 6.35. The molecule has 0 aliphatic heterocycles. The molecule has 0 fully saturated rings. The molecule has 21 heavy (non-hydrogen) atoms. The van der Waals surface area contributed by atoms with Gasteiger partial charge in [-0.1, -0.05) is 42.5 Å². The molecule has 0 radical (unpaired) electrons. The van der Waals surface area contributed by atoms with E-state index >= 15 is 0 Å². The first kappa shape index (κ1) is 14.5. The van der Waals surface area contributed by atoms with Gasteiger partial charge in [0, 0.05) is 6.92 Å². The van der Waals surface area contributed by atoms with E-state index in [-0.39, 0.29) is 5.57 Å². The molecule has 2 aromatic rings. The lowest BCUT2D eigenvalue weighted by atomic mass is 10.0. The third kappa shape index (κ3) is 4.04. The van der Waals surface area contributed by atoms with Gasteiger partial charge in [-0.15, -0.1) is 0 Å². The second-order valence-corrected chi connectivity index (χ2v) is 4.39. The van der Waals surface area contributed by atoms with E-state index in [1.54, 1.807) is 54.6 Å². The lowest BCUT2D eigenvalue weighted by Gasteiger charge is -2.04. The Morgan fingerprint density at radius 1 is 1.00 bits per heavy atom. The van der Waals surface area contributed by atoms with Crippen LogP contribution in [0.2, 0.25) is 0 Å². The Bertz CT molecular complexity index is 670. The molecule has 106 valence electrons. The van der Waals surface area contributed by atoms with E-state index in [1.807, 2.05) is 6.07 Å². The minimum atomic E-state index is -0.995. The van der Waals surface area contributed by atoms with E-state index in [1.165, 1.54) is 6.92 Å². The highest BCUT2D eigenvalue weighted by Gasteiger charge is 2.09. The Kier molecular flexibility index (Phi) is 4.51. The normalized spacial score (nSPS) is 11.0. The lowest BCUT2D eigenvalue weighted by Crippen LogP contribution is -2.01. The van der Waals surface area contributed by atoms with Gasteiger partial charge >= 0.3 is 11.9 Å². The zero-order valence-corrected chi connectivity index (χ0v) is 11.4. The summed E-state index contributed by atoms with van der Waals surface area (Å²) in [7, 11) is 0. The number of hydrogen-bond acceptors (Lipinski definition) is 3. The standard InChI is InChI=1S/C17H14O4/c1-12(18)21-15-9-7-13(8-10-15)11-16(17(19)20)14-5-3-2-4-6-14/h2-11H,1H3,(H,19,20)/b16-11+. The Morgan fingerprint density at radius 3 is 2.14 bits per heavy atom. The van der Waals surface area contributed by atoms with Crippen molar-refractivity contribution in [2.75, 3.05) is 0 Å². The largest absolute Gasteiger partial charge is 0.478 e. The molecule has 0 spiro atoms. The minimum absolute atomic E-state index is 0.204. The molecular weight excluding hydrogens is 268 g/mol. The molecule has 0 aromatic heterocycles. The van der Waals surface area contributed by atoms with Crippen LogP contribution in [-0.2, 0) is 9.59 Å². The van der Waals surface area contributed by atoms with Gasteiger partial charge in [0.25, 0.3) is 0 Å². The number of benzene rings is 2. The van der Waals surface area contributed by atoms with Crippen molar-refractivity contribution in [1.29, 1.82) is 0 Å². The van der Waals surface area contributed by atoms with Gasteiger partial charge in [0.05, 0.1) is 5.57 Å². The molecule has 0 atom stereocenters. The third-order valence-electron chi connectivity index (χ3n) is 2.77. The SMILES string of the molecule is CC(=O)Oc1ccc(/C=C(/C(=O)O)c2ccccc2)cc1. The highest BCUT2D eigenvalue weighted by atomic mass is 16.5. The van der Waals surface area contributed by atoms with Crippen LogP contribution in [0.4, 0.5) is 0 Å². The Labute approximate surface area is 122 Å². The van der Waals surface area contributed by atoms with Crippen LogP contribution in [0.15, 0.2) is 54.6 Å². The number of carbonyl (C=O) groups excluding carboxylic acids is 1. The number of esters is 1. The average molecular weight is 282 g/mol. The summed E-state index contributed by atoms with van der Waals surface area (Å²) >= 11 is 0. The van der Waals surface area contributed by atoms with Crippen molar-refractivity contribution >= 4 is 23.6 Å². The molecule has 2 aromatic carbocycles. The van der Waals surface area contributed by atoms with Crippen LogP contribution in [-0.4, -0.2) is 17.0 Å². The van der Waals surface area contributed by atoms with Crippen molar-refractivity contribution in [3.05, 3.63) is 65.7 Å². The highest BCUT2D eigenvalue weighted by molar-refractivity contribution is 6.20. The molecule has 0 aliphatic rings. The summed E-state index contributed by atoms with van der Waals surface area (Å²) in [6.45, 7) is 1.33. The summed E-state index contributed by atoms with van der Waals surface area (Å²) in [6.07, 6.45) is 1.58. The Morgan fingerprint density at radius 2 is 1.62 bits per heavy atom. The number of rotatable bonds is 4. The molecule has 0 amide bonds. The van der Waals surface area contributed by atoms with Crippen molar-refractivity contribution in [3.63, 3.8) is 0 Å². The van der Waals surface area contributed by atoms with Gasteiger partial charge in [-0.05, 0) is 29.3 Å². The van der Waals surface area contributed by atoms with Crippen LogP contribution in [0, 0.1) is 0 Å². The first-order valence-corrected chi connectivity index (χ1v) is 6.35. The van der Waals surface area contributed by atoms with E-state index in [0.717, 1.165) is 0 Å². The van der Waals surface area contributed by atoms with Crippen molar-refractivity contribution in [2.24, 2.45) is 0 Å². The van der Waals surface area contributed by atoms with Gasteiger partial charge in [0.1, 0.15) is 5.75 Å². The zero-order chi connectivity index (χ0) is 15.2. The fourth-order valence-corrected chi connectivity index (χ4v) is 1.85. The second-order valence-electron chi connectivity index (χ2n) is 4.39. The highest BCUT2D eigenvalue weighted by Crippen LogP contribution is 2.20. The van der Waals surface area contributed by atoms with Crippen molar-refractivity contribution in [2.45, 2.75) is 6.92 Å². The summed E-state index contributed by atoms with van der Waals surface area (Å²) < 4.78 is 4.93. The molecule has 0 aliphatic carbocycles. The van der Waals surface area contributed by atoms with Crippen molar-refractivity contribution in [1.82, 2.24) is 0 Å². The molecule has 0 heterocycles. The Balaban J connectivity index is 2.31. The molecule has 0 saturated carbocycles. The molecule has 2 rings (SSSR count). The van der Waals surface area contributed by atoms with Gasteiger partial charge in [-0.2, -0.15) is 0 Å². The second kappa shape index (κ2) is 6.52. The van der Waals surface area contributed by atoms with Crippen LogP contribution in [0.25, 0.3) is 11.6 Å². The fourth-order valence-electron chi connectivity index (χ4n) is 1.85. The van der Waals surface area contributed by atoms with E-state index in [9.17, 15) is 14.7 Å². The molecule has 0 saturated heterocycles. The summed E-state index contributed by atoms with van der Waals surface area (Å²) in [4.78, 5) is 22.2. The lowest BCUT2D eigenvalue weighted by molar-refractivity contribution is -0.132. The number of hydrogen-bond donors (Lipinski definition) is 1. The van der Waals surface area contributed by atoms with Gasteiger partial charge in [-0.3, -0.25) is 4.79 Å². The van der Waals surface area contributed by atoms with Gasteiger partial charge in [0.15, 0.2) is 0 Å². The predicted octanol–water partition coefficient (Wildman–Crippen LogP) is 3.24. The number of ether oxygens (including phenoxy) is 1.